The highest BCUT2D eigenvalue weighted by atomic mass is 32.1. The summed E-state index contributed by atoms with van der Waals surface area (Å²) in [6.45, 7) is 0. The summed E-state index contributed by atoms with van der Waals surface area (Å²) in [6.07, 6.45) is 6.91. The Labute approximate surface area is 119 Å². The summed E-state index contributed by atoms with van der Waals surface area (Å²) in [4.78, 5) is 13.1. The zero-order valence-electron chi connectivity index (χ0n) is 11.3. The summed E-state index contributed by atoms with van der Waals surface area (Å²) >= 11 is 4.47. The van der Waals surface area contributed by atoms with Crippen LogP contribution in [0.1, 0.15) is 55.6 Å². The largest absolute Gasteiger partial charge is 0.468 e. The molecule has 0 aromatic heterocycles. The molecule has 0 unspecified atom stereocenters. The van der Waals surface area contributed by atoms with E-state index in [4.69, 9.17) is 4.74 Å². The molecule has 2 aliphatic rings. The number of rotatable bonds is 3. The van der Waals surface area contributed by atoms with Gasteiger partial charge in [0, 0.05) is 4.90 Å². The third kappa shape index (κ3) is 2.18. The van der Waals surface area contributed by atoms with Gasteiger partial charge in [0.2, 0.25) is 0 Å². The van der Waals surface area contributed by atoms with Crippen LogP contribution in [-0.2, 0) is 14.9 Å². The number of esters is 1. The highest BCUT2D eigenvalue weighted by Gasteiger charge is 2.53. The first-order valence-corrected chi connectivity index (χ1v) is 7.54. The predicted molar refractivity (Wildman–Crippen MR) is 77.8 cm³/mol. The molecule has 19 heavy (non-hydrogen) atoms. The zero-order valence-corrected chi connectivity index (χ0v) is 12.2. The van der Waals surface area contributed by atoms with Crippen molar-refractivity contribution in [3.8, 4) is 0 Å². The molecule has 0 radical (unpaired) electrons. The van der Waals surface area contributed by atoms with Gasteiger partial charge in [-0.3, -0.25) is 4.79 Å². The van der Waals surface area contributed by atoms with Gasteiger partial charge in [0.1, 0.15) is 0 Å². The highest BCUT2D eigenvalue weighted by Crippen LogP contribution is 2.53. The number of ether oxygens (including phenoxy) is 1. The molecule has 2 aliphatic carbocycles. The van der Waals surface area contributed by atoms with Crippen molar-refractivity contribution in [2.45, 2.75) is 54.8 Å². The average molecular weight is 276 g/mol. The standard InChI is InChI=1S/C16H20O2S/c1-18-15(17)16(8-9-16)14-7-6-12(19)10-13(14)11-4-2-3-5-11/h6-7,10-11,19H,2-5,8-9H2,1H3. The second kappa shape index (κ2) is 4.86. The van der Waals surface area contributed by atoms with Gasteiger partial charge in [-0.15, -0.1) is 12.6 Å². The smallest absolute Gasteiger partial charge is 0.316 e. The summed E-state index contributed by atoms with van der Waals surface area (Å²) in [5, 5.41) is 0. The van der Waals surface area contributed by atoms with Crippen molar-refractivity contribution < 1.29 is 9.53 Å². The number of carbonyl (C=O) groups is 1. The van der Waals surface area contributed by atoms with Gasteiger partial charge >= 0.3 is 5.97 Å². The van der Waals surface area contributed by atoms with Crippen LogP contribution < -0.4 is 0 Å². The summed E-state index contributed by atoms with van der Waals surface area (Å²) < 4.78 is 5.02. The van der Waals surface area contributed by atoms with E-state index in [-0.39, 0.29) is 11.4 Å². The van der Waals surface area contributed by atoms with Crippen LogP contribution in [0.4, 0.5) is 0 Å². The lowest BCUT2D eigenvalue weighted by Gasteiger charge is -2.21. The normalized spacial score (nSPS) is 21.4. The van der Waals surface area contributed by atoms with Gasteiger partial charge in [-0.2, -0.15) is 0 Å². The van der Waals surface area contributed by atoms with Crippen LogP contribution in [0.25, 0.3) is 0 Å². The van der Waals surface area contributed by atoms with Crippen LogP contribution in [0.2, 0.25) is 0 Å². The van der Waals surface area contributed by atoms with Crippen LogP contribution in [0, 0.1) is 0 Å². The Bertz CT molecular complexity index is 499. The summed E-state index contributed by atoms with van der Waals surface area (Å²) in [6, 6.07) is 6.26. The van der Waals surface area contributed by atoms with Crippen LogP contribution in [-0.4, -0.2) is 13.1 Å². The van der Waals surface area contributed by atoms with Crippen molar-refractivity contribution in [3.63, 3.8) is 0 Å². The minimum atomic E-state index is -0.353. The summed E-state index contributed by atoms with van der Waals surface area (Å²) in [7, 11) is 1.49. The zero-order chi connectivity index (χ0) is 13.5. The van der Waals surface area contributed by atoms with Crippen molar-refractivity contribution >= 4 is 18.6 Å². The number of methoxy groups -OCH3 is 1. The Morgan fingerprint density at radius 3 is 2.58 bits per heavy atom. The number of hydrogen-bond donors (Lipinski definition) is 1. The first-order valence-electron chi connectivity index (χ1n) is 7.09. The van der Waals surface area contributed by atoms with E-state index in [1.165, 1.54) is 43.9 Å². The Hall–Kier alpha value is -0.960. The lowest BCUT2D eigenvalue weighted by atomic mass is 9.84. The van der Waals surface area contributed by atoms with E-state index < -0.39 is 0 Å². The van der Waals surface area contributed by atoms with E-state index in [1.54, 1.807) is 0 Å². The second-order valence-corrected chi connectivity index (χ2v) is 6.34. The molecule has 0 amide bonds. The second-order valence-electron chi connectivity index (χ2n) is 5.83. The highest BCUT2D eigenvalue weighted by molar-refractivity contribution is 7.80. The summed E-state index contributed by atoms with van der Waals surface area (Å²) in [5.41, 5.74) is 2.19. The number of carbonyl (C=O) groups excluding carboxylic acids is 1. The van der Waals surface area contributed by atoms with E-state index in [0.717, 1.165) is 17.7 Å². The van der Waals surface area contributed by atoms with Crippen molar-refractivity contribution in [1.82, 2.24) is 0 Å². The fraction of sp³-hybridized carbons (Fsp3) is 0.562. The number of thiol groups is 1. The maximum atomic E-state index is 12.1. The maximum absolute atomic E-state index is 12.1. The molecule has 1 aromatic carbocycles. The van der Waals surface area contributed by atoms with E-state index in [0.29, 0.717) is 5.92 Å². The molecular formula is C16H20O2S. The SMILES string of the molecule is COC(=O)C1(c2ccc(S)cc2C2CCCC2)CC1. The van der Waals surface area contributed by atoms with Gasteiger partial charge in [0.05, 0.1) is 12.5 Å². The Kier molecular flexibility index (Phi) is 3.34. The molecule has 2 saturated carbocycles. The Morgan fingerprint density at radius 1 is 1.32 bits per heavy atom. The molecule has 0 bridgehead atoms. The molecule has 102 valence electrons. The molecule has 0 heterocycles. The lowest BCUT2D eigenvalue weighted by Crippen LogP contribution is -2.24. The predicted octanol–water partition coefficient (Wildman–Crippen LogP) is 3.84. The molecule has 0 N–H and O–H groups in total. The van der Waals surface area contributed by atoms with Crippen molar-refractivity contribution in [3.05, 3.63) is 29.3 Å². The van der Waals surface area contributed by atoms with E-state index in [1.807, 2.05) is 6.07 Å². The van der Waals surface area contributed by atoms with Gasteiger partial charge in [-0.05, 0) is 54.9 Å². The van der Waals surface area contributed by atoms with E-state index in [9.17, 15) is 4.79 Å². The molecule has 1 aromatic rings. The summed E-state index contributed by atoms with van der Waals surface area (Å²) in [5.74, 6) is 0.530. The molecule has 2 fully saturated rings. The number of hydrogen-bond acceptors (Lipinski definition) is 3. The molecular weight excluding hydrogens is 256 g/mol. The molecule has 0 spiro atoms. The van der Waals surface area contributed by atoms with Crippen LogP contribution >= 0.6 is 12.6 Å². The number of benzene rings is 1. The van der Waals surface area contributed by atoms with Gasteiger partial charge in [-0.25, -0.2) is 0 Å². The van der Waals surface area contributed by atoms with E-state index in [2.05, 4.69) is 24.8 Å². The molecule has 3 rings (SSSR count). The van der Waals surface area contributed by atoms with Gasteiger partial charge < -0.3 is 4.74 Å². The Morgan fingerprint density at radius 2 is 2.00 bits per heavy atom. The minimum Gasteiger partial charge on any atom is -0.468 e. The fourth-order valence-corrected chi connectivity index (χ4v) is 3.68. The third-order valence-corrected chi connectivity index (χ3v) is 4.95. The molecule has 0 saturated heterocycles. The van der Waals surface area contributed by atoms with Gasteiger partial charge in [-0.1, -0.05) is 18.9 Å². The van der Waals surface area contributed by atoms with Crippen molar-refractivity contribution in [2.75, 3.05) is 7.11 Å². The monoisotopic (exact) mass is 276 g/mol. The maximum Gasteiger partial charge on any atom is 0.316 e. The van der Waals surface area contributed by atoms with Crippen molar-refractivity contribution in [2.24, 2.45) is 0 Å². The molecule has 0 aliphatic heterocycles. The van der Waals surface area contributed by atoms with E-state index >= 15 is 0 Å². The molecule has 2 nitrogen and oxygen atoms in total. The first kappa shape index (κ1) is 13.0. The van der Waals surface area contributed by atoms with Crippen LogP contribution in [0.3, 0.4) is 0 Å². The van der Waals surface area contributed by atoms with Gasteiger partial charge in [0.15, 0.2) is 0 Å². The topological polar surface area (TPSA) is 26.3 Å². The van der Waals surface area contributed by atoms with Crippen LogP contribution in [0.5, 0.6) is 0 Å². The molecule has 0 atom stereocenters. The first-order chi connectivity index (χ1) is 9.17. The van der Waals surface area contributed by atoms with Crippen LogP contribution in [0.15, 0.2) is 23.1 Å². The Balaban J connectivity index is 2.03. The fourth-order valence-electron chi connectivity index (χ4n) is 3.46. The molecule has 3 heteroatoms. The minimum absolute atomic E-state index is 0.0707. The van der Waals surface area contributed by atoms with Gasteiger partial charge in [0.25, 0.3) is 0 Å². The lowest BCUT2D eigenvalue weighted by molar-refractivity contribution is -0.143. The average Bonchev–Trinajstić information content (AvgIpc) is 3.04. The van der Waals surface area contributed by atoms with Crippen molar-refractivity contribution in [1.29, 1.82) is 0 Å². The quantitative estimate of drug-likeness (QED) is 0.670. The third-order valence-electron chi connectivity index (χ3n) is 4.67.